The maximum atomic E-state index is 12.3. The van der Waals surface area contributed by atoms with Crippen molar-refractivity contribution in [2.45, 2.75) is 17.4 Å². The summed E-state index contributed by atoms with van der Waals surface area (Å²) in [4.78, 5) is 16.7. The molecule has 1 atom stereocenters. The van der Waals surface area contributed by atoms with E-state index in [1.807, 2.05) is 30.3 Å². The second-order valence-corrected chi connectivity index (χ2v) is 6.25. The number of aromatic nitrogens is 1. The average molecular weight is 348 g/mol. The molecule has 0 saturated heterocycles. The molecule has 0 amide bonds. The Hall–Kier alpha value is -1.98. The molecule has 3 rings (SSSR count). The summed E-state index contributed by atoms with van der Waals surface area (Å²) >= 11 is 7.18. The van der Waals surface area contributed by atoms with Crippen LogP contribution in [-0.4, -0.2) is 17.6 Å². The molecule has 4 nitrogen and oxygen atoms in total. The number of halogens is 1. The molecule has 2 aromatic carbocycles. The standard InChI is InChI=1S/C17H14ClNO3S/c1-2-21-16(20)15(11-6-4-3-5-7-11)23-17-19-13-10-12(18)8-9-14(13)22-17/h3-10,15H,2H2,1H3. The van der Waals surface area contributed by atoms with Gasteiger partial charge in [-0.05, 0) is 42.4 Å². The highest BCUT2D eigenvalue weighted by Gasteiger charge is 2.25. The van der Waals surface area contributed by atoms with Crippen molar-refractivity contribution in [1.82, 2.24) is 4.98 Å². The Kier molecular flexibility index (Phi) is 4.88. The number of hydrogen-bond donors (Lipinski definition) is 0. The topological polar surface area (TPSA) is 52.3 Å². The third-order valence-corrected chi connectivity index (χ3v) is 4.46. The summed E-state index contributed by atoms with van der Waals surface area (Å²) < 4.78 is 10.9. The molecule has 1 heterocycles. The van der Waals surface area contributed by atoms with Gasteiger partial charge in [0.05, 0.1) is 6.61 Å². The lowest BCUT2D eigenvalue weighted by molar-refractivity contribution is -0.142. The molecule has 118 valence electrons. The second kappa shape index (κ2) is 7.06. The van der Waals surface area contributed by atoms with Crippen molar-refractivity contribution in [3.63, 3.8) is 0 Å². The van der Waals surface area contributed by atoms with E-state index in [1.54, 1.807) is 25.1 Å². The van der Waals surface area contributed by atoms with Crippen LogP contribution >= 0.6 is 23.4 Å². The first-order valence-electron chi connectivity index (χ1n) is 7.11. The van der Waals surface area contributed by atoms with E-state index in [0.29, 0.717) is 28.0 Å². The zero-order chi connectivity index (χ0) is 16.2. The first kappa shape index (κ1) is 15.9. The number of ether oxygens (including phenoxy) is 1. The minimum absolute atomic E-state index is 0.316. The summed E-state index contributed by atoms with van der Waals surface area (Å²) in [6.45, 7) is 2.11. The Morgan fingerprint density at radius 2 is 2.09 bits per heavy atom. The summed E-state index contributed by atoms with van der Waals surface area (Å²) in [7, 11) is 0. The Morgan fingerprint density at radius 1 is 1.30 bits per heavy atom. The number of nitrogens with zero attached hydrogens (tertiary/aromatic N) is 1. The Bertz CT molecular complexity index is 819. The van der Waals surface area contributed by atoms with Crippen LogP contribution in [0.15, 0.2) is 58.2 Å². The van der Waals surface area contributed by atoms with Crippen LogP contribution in [0.5, 0.6) is 0 Å². The summed E-state index contributed by atoms with van der Waals surface area (Å²) in [5, 5.41) is 0.469. The van der Waals surface area contributed by atoms with E-state index in [-0.39, 0.29) is 5.97 Å². The maximum Gasteiger partial charge on any atom is 0.324 e. The zero-order valence-corrected chi connectivity index (χ0v) is 13.9. The summed E-state index contributed by atoms with van der Waals surface area (Å²) in [5.74, 6) is -0.316. The Labute approximate surface area is 142 Å². The van der Waals surface area contributed by atoms with Gasteiger partial charge in [0.1, 0.15) is 10.8 Å². The molecule has 0 N–H and O–H groups in total. The van der Waals surface area contributed by atoms with Crippen molar-refractivity contribution in [3.05, 3.63) is 59.1 Å². The van der Waals surface area contributed by atoms with Gasteiger partial charge in [0.25, 0.3) is 5.22 Å². The van der Waals surface area contributed by atoms with Gasteiger partial charge in [-0.15, -0.1) is 0 Å². The van der Waals surface area contributed by atoms with Crippen molar-refractivity contribution in [1.29, 1.82) is 0 Å². The lowest BCUT2D eigenvalue weighted by atomic mass is 10.1. The van der Waals surface area contributed by atoms with Crippen LogP contribution in [0.3, 0.4) is 0 Å². The van der Waals surface area contributed by atoms with Crippen LogP contribution in [0.2, 0.25) is 5.02 Å². The number of carbonyl (C=O) groups excluding carboxylic acids is 1. The molecule has 1 aromatic heterocycles. The van der Waals surface area contributed by atoms with E-state index in [9.17, 15) is 4.79 Å². The lowest BCUT2D eigenvalue weighted by Crippen LogP contribution is -2.13. The Morgan fingerprint density at radius 3 is 2.83 bits per heavy atom. The largest absolute Gasteiger partial charge is 0.465 e. The van der Waals surface area contributed by atoms with Crippen molar-refractivity contribution in [3.8, 4) is 0 Å². The first-order chi connectivity index (χ1) is 11.2. The van der Waals surface area contributed by atoms with Gasteiger partial charge in [0.15, 0.2) is 5.58 Å². The normalized spacial score (nSPS) is 12.3. The Balaban J connectivity index is 1.91. The molecule has 23 heavy (non-hydrogen) atoms. The van der Waals surface area contributed by atoms with Crippen molar-refractivity contribution < 1.29 is 13.9 Å². The number of benzene rings is 2. The molecule has 0 radical (unpaired) electrons. The SMILES string of the molecule is CCOC(=O)C(Sc1nc2cc(Cl)ccc2o1)c1ccccc1. The summed E-state index contributed by atoms with van der Waals surface area (Å²) in [5.41, 5.74) is 2.14. The fraction of sp³-hybridized carbons (Fsp3) is 0.176. The van der Waals surface area contributed by atoms with Gasteiger partial charge in [-0.2, -0.15) is 0 Å². The molecule has 0 fully saturated rings. The molecule has 0 spiro atoms. The maximum absolute atomic E-state index is 12.3. The van der Waals surface area contributed by atoms with Crippen molar-refractivity contribution in [2.75, 3.05) is 6.61 Å². The fourth-order valence-electron chi connectivity index (χ4n) is 2.13. The molecule has 0 aliphatic rings. The van der Waals surface area contributed by atoms with Gasteiger partial charge in [-0.1, -0.05) is 41.9 Å². The van der Waals surface area contributed by atoms with Crippen LogP contribution in [0.4, 0.5) is 0 Å². The minimum atomic E-state index is -0.528. The number of fused-ring (bicyclic) bond motifs is 1. The lowest BCUT2D eigenvalue weighted by Gasteiger charge is -2.13. The van der Waals surface area contributed by atoms with E-state index < -0.39 is 5.25 Å². The number of oxazole rings is 1. The molecular formula is C17H14ClNO3S. The number of rotatable bonds is 5. The van der Waals surface area contributed by atoms with Crippen LogP contribution in [0.1, 0.15) is 17.7 Å². The van der Waals surface area contributed by atoms with Gasteiger partial charge in [0.2, 0.25) is 0 Å². The van der Waals surface area contributed by atoms with Crippen LogP contribution < -0.4 is 0 Å². The quantitative estimate of drug-likeness (QED) is 0.486. The van der Waals surface area contributed by atoms with Crippen LogP contribution in [-0.2, 0) is 9.53 Å². The second-order valence-electron chi connectivity index (χ2n) is 4.75. The monoisotopic (exact) mass is 347 g/mol. The van der Waals surface area contributed by atoms with E-state index in [4.69, 9.17) is 20.8 Å². The van der Waals surface area contributed by atoms with Gasteiger partial charge >= 0.3 is 5.97 Å². The first-order valence-corrected chi connectivity index (χ1v) is 8.37. The van der Waals surface area contributed by atoms with Gasteiger partial charge in [0, 0.05) is 5.02 Å². The highest BCUT2D eigenvalue weighted by molar-refractivity contribution is 8.00. The third-order valence-electron chi connectivity index (χ3n) is 3.15. The molecule has 0 bridgehead atoms. The number of esters is 1. The molecule has 0 aliphatic carbocycles. The predicted octanol–water partition coefficient (Wildman–Crippen LogP) is 4.88. The molecule has 1 unspecified atom stereocenters. The van der Waals surface area contributed by atoms with Crippen molar-refractivity contribution in [2.24, 2.45) is 0 Å². The van der Waals surface area contributed by atoms with Crippen LogP contribution in [0.25, 0.3) is 11.1 Å². The van der Waals surface area contributed by atoms with E-state index in [2.05, 4.69) is 4.98 Å². The number of thioether (sulfide) groups is 1. The highest BCUT2D eigenvalue weighted by Crippen LogP contribution is 2.37. The zero-order valence-electron chi connectivity index (χ0n) is 12.4. The van der Waals surface area contributed by atoms with Gasteiger partial charge in [-0.3, -0.25) is 4.79 Å². The van der Waals surface area contributed by atoms with E-state index in [1.165, 1.54) is 11.8 Å². The molecular weight excluding hydrogens is 334 g/mol. The summed E-state index contributed by atoms with van der Waals surface area (Å²) in [6.07, 6.45) is 0. The minimum Gasteiger partial charge on any atom is -0.465 e. The van der Waals surface area contributed by atoms with E-state index >= 15 is 0 Å². The summed E-state index contributed by atoms with van der Waals surface area (Å²) in [6, 6.07) is 14.7. The van der Waals surface area contributed by atoms with Gasteiger partial charge < -0.3 is 9.15 Å². The average Bonchev–Trinajstić information content (AvgIpc) is 2.95. The number of hydrogen-bond acceptors (Lipinski definition) is 5. The molecule has 6 heteroatoms. The smallest absolute Gasteiger partial charge is 0.324 e. The van der Waals surface area contributed by atoms with Gasteiger partial charge in [-0.25, -0.2) is 4.98 Å². The predicted molar refractivity (Wildman–Crippen MR) is 90.7 cm³/mol. The number of carbonyl (C=O) groups is 1. The fourth-order valence-corrected chi connectivity index (χ4v) is 3.24. The van der Waals surface area contributed by atoms with Crippen LogP contribution in [0, 0.1) is 0 Å². The molecule has 0 saturated carbocycles. The van der Waals surface area contributed by atoms with E-state index in [0.717, 1.165) is 5.56 Å². The van der Waals surface area contributed by atoms with Crippen molar-refractivity contribution >= 4 is 40.4 Å². The highest BCUT2D eigenvalue weighted by atomic mass is 35.5. The molecule has 3 aromatic rings. The molecule has 0 aliphatic heterocycles. The third kappa shape index (κ3) is 3.68.